The van der Waals surface area contributed by atoms with Gasteiger partial charge in [-0.15, -0.1) is 11.3 Å². The number of fused-ring (bicyclic) bond motifs is 3. The molecule has 26 heavy (non-hydrogen) atoms. The number of aromatic nitrogens is 3. The van der Waals surface area contributed by atoms with E-state index in [4.69, 9.17) is 9.97 Å². The van der Waals surface area contributed by atoms with E-state index < -0.39 is 0 Å². The highest BCUT2D eigenvalue weighted by molar-refractivity contribution is 7.19. The van der Waals surface area contributed by atoms with E-state index in [-0.39, 0.29) is 0 Å². The molecule has 2 N–H and O–H groups in total. The van der Waals surface area contributed by atoms with Crippen molar-refractivity contribution in [3.63, 3.8) is 0 Å². The van der Waals surface area contributed by atoms with E-state index in [1.54, 1.807) is 6.20 Å². The van der Waals surface area contributed by atoms with Gasteiger partial charge in [0.25, 0.3) is 0 Å². The second kappa shape index (κ2) is 7.29. The smallest absolute Gasteiger partial charge is 0.164 e. The number of nitrogens with zero attached hydrogens (tertiary/aromatic N) is 3. The van der Waals surface area contributed by atoms with Crippen molar-refractivity contribution < 1.29 is 4.90 Å². The highest BCUT2D eigenvalue weighted by atomic mass is 32.1. The maximum atomic E-state index is 4.90. The Labute approximate surface area is 158 Å². The molecule has 136 valence electrons. The molecular formula is C20H26N5S+. The van der Waals surface area contributed by atoms with Crippen LogP contribution in [0, 0.1) is 5.92 Å². The van der Waals surface area contributed by atoms with E-state index in [1.807, 2.05) is 29.7 Å². The molecule has 0 aliphatic heterocycles. The van der Waals surface area contributed by atoms with E-state index in [9.17, 15) is 0 Å². The molecule has 0 radical (unpaired) electrons. The summed E-state index contributed by atoms with van der Waals surface area (Å²) in [5, 5.41) is 4.84. The Morgan fingerprint density at radius 3 is 2.96 bits per heavy atom. The van der Waals surface area contributed by atoms with Crippen molar-refractivity contribution in [2.24, 2.45) is 5.92 Å². The Hall–Kier alpha value is -2.05. The summed E-state index contributed by atoms with van der Waals surface area (Å²) in [6.07, 6.45) is 7.18. The zero-order chi connectivity index (χ0) is 18.1. The van der Waals surface area contributed by atoms with Crippen LogP contribution in [0.2, 0.25) is 0 Å². The molecule has 1 aliphatic rings. The second-order valence-electron chi connectivity index (χ2n) is 7.55. The fourth-order valence-corrected chi connectivity index (χ4v) is 4.91. The van der Waals surface area contributed by atoms with Crippen molar-refractivity contribution in [2.75, 3.05) is 32.5 Å². The Bertz CT molecular complexity index is 903. The third-order valence-electron chi connectivity index (χ3n) is 4.99. The molecule has 0 saturated carbocycles. The van der Waals surface area contributed by atoms with Gasteiger partial charge in [0, 0.05) is 22.8 Å². The lowest BCUT2D eigenvalue weighted by atomic mass is 9.89. The highest BCUT2D eigenvalue weighted by Gasteiger charge is 2.24. The molecule has 4 rings (SSSR count). The van der Waals surface area contributed by atoms with Crippen LogP contribution in [0.5, 0.6) is 0 Å². The average molecular weight is 369 g/mol. The van der Waals surface area contributed by atoms with Gasteiger partial charge in [0.15, 0.2) is 5.82 Å². The van der Waals surface area contributed by atoms with Gasteiger partial charge in [0.05, 0.1) is 32.6 Å². The topological polar surface area (TPSA) is 55.1 Å². The van der Waals surface area contributed by atoms with Crippen LogP contribution in [0.25, 0.3) is 21.6 Å². The standard InChI is InChI=1S/C20H25N5S/c1-13-6-7-15-16(11-13)26-20-17(15)19(22-9-10-25(2)3)23-18(24-20)14-5-4-8-21-12-14/h4-5,8,12-13H,6-7,9-11H2,1-3H3,(H,22,23,24)/p+1/t13-/m0/s1. The summed E-state index contributed by atoms with van der Waals surface area (Å²) in [5.41, 5.74) is 2.44. The molecule has 0 unspecified atom stereocenters. The first-order chi connectivity index (χ1) is 12.6. The number of hydrogen-bond donors (Lipinski definition) is 2. The molecule has 0 fully saturated rings. The summed E-state index contributed by atoms with van der Waals surface area (Å²) in [6, 6.07) is 3.96. The maximum Gasteiger partial charge on any atom is 0.164 e. The monoisotopic (exact) mass is 368 g/mol. The van der Waals surface area contributed by atoms with Crippen molar-refractivity contribution in [3.8, 4) is 11.4 Å². The number of thiophene rings is 1. The molecule has 0 amide bonds. The number of nitrogens with one attached hydrogen (secondary N) is 2. The highest BCUT2D eigenvalue weighted by Crippen LogP contribution is 2.40. The van der Waals surface area contributed by atoms with Crippen molar-refractivity contribution in [2.45, 2.75) is 26.2 Å². The normalized spacial score (nSPS) is 16.8. The van der Waals surface area contributed by atoms with Crippen LogP contribution in [0.3, 0.4) is 0 Å². The first-order valence-electron chi connectivity index (χ1n) is 9.37. The van der Waals surface area contributed by atoms with Gasteiger partial charge in [0.1, 0.15) is 10.6 Å². The Balaban J connectivity index is 1.81. The van der Waals surface area contributed by atoms with Crippen molar-refractivity contribution in [1.82, 2.24) is 15.0 Å². The molecule has 3 aromatic rings. The number of aryl methyl sites for hydroxylation is 1. The van der Waals surface area contributed by atoms with Crippen LogP contribution < -0.4 is 10.2 Å². The first kappa shape index (κ1) is 17.4. The van der Waals surface area contributed by atoms with Crippen LogP contribution in [-0.2, 0) is 12.8 Å². The zero-order valence-electron chi connectivity index (χ0n) is 15.7. The van der Waals surface area contributed by atoms with Crippen LogP contribution in [-0.4, -0.2) is 42.1 Å². The minimum absolute atomic E-state index is 0.759. The molecule has 1 atom stereocenters. The Morgan fingerprint density at radius 2 is 2.19 bits per heavy atom. The van der Waals surface area contributed by atoms with Crippen LogP contribution in [0.4, 0.5) is 5.82 Å². The Kier molecular flexibility index (Phi) is 4.87. The average Bonchev–Trinajstić information content (AvgIpc) is 2.99. The molecule has 5 nitrogen and oxygen atoms in total. The largest absolute Gasteiger partial charge is 0.364 e. The summed E-state index contributed by atoms with van der Waals surface area (Å²) in [4.78, 5) is 18.1. The maximum absolute atomic E-state index is 4.90. The predicted molar refractivity (Wildman–Crippen MR) is 108 cm³/mol. The summed E-state index contributed by atoms with van der Waals surface area (Å²) in [7, 11) is 4.35. The minimum Gasteiger partial charge on any atom is -0.364 e. The fraction of sp³-hybridized carbons (Fsp3) is 0.450. The molecule has 0 spiro atoms. The molecule has 3 aromatic heterocycles. The first-order valence-corrected chi connectivity index (χ1v) is 10.2. The molecular weight excluding hydrogens is 342 g/mol. The van der Waals surface area contributed by atoms with E-state index in [0.29, 0.717) is 0 Å². The minimum atomic E-state index is 0.759. The molecule has 0 bridgehead atoms. The third kappa shape index (κ3) is 3.44. The number of likely N-dealkylation sites (N-methyl/N-ethyl adjacent to an activating group) is 1. The summed E-state index contributed by atoms with van der Waals surface area (Å²) < 4.78 is 0. The van der Waals surface area contributed by atoms with Crippen LogP contribution in [0.15, 0.2) is 24.5 Å². The quantitative estimate of drug-likeness (QED) is 0.726. The van der Waals surface area contributed by atoms with Gasteiger partial charge < -0.3 is 10.2 Å². The van der Waals surface area contributed by atoms with Gasteiger partial charge in [-0.25, -0.2) is 9.97 Å². The SMILES string of the molecule is C[C@H]1CCc2c(sc3nc(-c4cccnc4)nc(NCC[NH+](C)C)c23)C1. The number of hydrogen-bond acceptors (Lipinski definition) is 5. The van der Waals surface area contributed by atoms with Gasteiger partial charge in [0.2, 0.25) is 0 Å². The van der Waals surface area contributed by atoms with Gasteiger partial charge in [-0.05, 0) is 42.9 Å². The predicted octanol–water partition coefficient (Wildman–Crippen LogP) is 2.43. The second-order valence-corrected chi connectivity index (χ2v) is 8.64. The van der Waals surface area contributed by atoms with E-state index in [2.05, 4.69) is 31.3 Å². The lowest BCUT2D eigenvalue weighted by Gasteiger charge is -2.18. The van der Waals surface area contributed by atoms with Gasteiger partial charge in [-0.2, -0.15) is 0 Å². The summed E-state index contributed by atoms with van der Waals surface area (Å²) in [5.74, 6) is 2.51. The molecule has 3 heterocycles. The molecule has 1 aliphatic carbocycles. The Morgan fingerprint density at radius 1 is 1.31 bits per heavy atom. The molecule has 0 saturated heterocycles. The van der Waals surface area contributed by atoms with Crippen LogP contribution in [0.1, 0.15) is 23.8 Å². The van der Waals surface area contributed by atoms with E-state index in [0.717, 1.165) is 47.5 Å². The van der Waals surface area contributed by atoms with Gasteiger partial charge in [-0.3, -0.25) is 4.98 Å². The van der Waals surface area contributed by atoms with Crippen LogP contribution >= 0.6 is 11.3 Å². The third-order valence-corrected chi connectivity index (χ3v) is 6.14. The lowest BCUT2D eigenvalue weighted by Crippen LogP contribution is -3.06. The summed E-state index contributed by atoms with van der Waals surface area (Å²) >= 11 is 1.85. The van der Waals surface area contributed by atoms with E-state index in [1.165, 1.54) is 33.6 Å². The lowest BCUT2D eigenvalue weighted by molar-refractivity contribution is -0.856. The number of pyridine rings is 1. The summed E-state index contributed by atoms with van der Waals surface area (Å²) in [6.45, 7) is 4.30. The number of anilines is 1. The van der Waals surface area contributed by atoms with Crippen molar-refractivity contribution in [1.29, 1.82) is 0 Å². The van der Waals surface area contributed by atoms with Gasteiger partial charge >= 0.3 is 0 Å². The molecule has 0 aromatic carbocycles. The molecule has 6 heteroatoms. The zero-order valence-corrected chi connectivity index (χ0v) is 16.5. The number of rotatable bonds is 5. The van der Waals surface area contributed by atoms with Crippen molar-refractivity contribution in [3.05, 3.63) is 35.0 Å². The van der Waals surface area contributed by atoms with Crippen molar-refractivity contribution >= 4 is 27.4 Å². The van der Waals surface area contributed by atoms with E-state index >= 15 is 0 Å². The fourth-order valence-electron chi connectivity index (χ4n) is 3.53. The van der Waals surface area contributed by atoms with Gasteiger partial charge in [-0.1, -0.05) is 6.92 Å². The number of quaternary nitrogens is 1.